The first-order chi connectivity index (χ1) is 5.25. The molecule has 1 aliphatic carbocycles. The van der Waals surface area contributed by atoms with Crippen LogP contribution >= 0.6 is 0 Å². The Balaban J connectivity index is 1.99. The lowest BCUT2D eigenvalue weighted by Crippen LogP contribution is -2.27. The number of hydrogen-bond donors (Lipinski definition) is 1. The summed E-state index contributed by atoms with van der Waals surface area (Å²) in [6.07, 6.45) is 0. The van der Waals surface area contributed by atoms with Gasteiger partial charge in [0, 0.05) is 6.04 Å². The van der Waals surface area contributed by atoms with Crippen molar-refractivity contribution >= 4 is 5.97 Å². The van der Waals surface area contributed by atoms with Crippen LogP contribution in [0.5, 0.6) is 0 Å². The monoisotopic (exact) mass is 155 g/mol. The van der Waals surface area contributed by atoms with Crippen molar-refractivity contribution in [1.82, 2.24) is 5.32 Å². The standard InChI is InChI=1S/C8H13NO2/c1-4-6-5(3-9-4)7(6)8(10)11-2/h4-7,9H,3H2,1-2H3/t4-,5-,6-,7-/m1/s1. The SMILES string of the molecule is COC(=O)[C@@H]1[C@@H]2CN[C@H](C)[C@H]21. The third-order valence-corrected chi connectivity index (χ3v) is 2.96. The van der Waals surface area contributed by atoms with E-state index in [2.05, 4.69) is 12.2 Å². The summed E-state index contributed by atoms with van der Waals surface area (Å²) in [6, 6.07) is 0.504. The fourth-order valence-electron chi connectivity index (χ4n) is 2.27. The number of fused-ring (bicyclic) bond motifs is 1. The second-order valence-electron chi connectivity index (χ2n) is 3.49. The van der Waals surface area contributed by atoms with Crippen molar-refractivity contribution < 1.29 is 9.53 Å². The molecular weight excluding hydrogens is 142 g/mol. The maximum absolute atomic E-state index is 11.1. The Morgan fingerprint density at radius 3 is 2.82 bits per heavy atom. The van der Waals surface area contributed by atoms with E-state index in [9.17, 15) is 4.79 Å². The Kier molecular flexibility index (Phi) is 1.42. The van der Waals surface area contributed by atoms with E-state index in [1.165, 1.54) is 7.11 Å². The molecule has 2 aliphatic rings. The number of carbonyl (C=O) groups excluding carboxylic acids is 1. The average Bonchev–Trinajstić information content (AvgIpc) is 2.63. The number of piperidine rings is 1. The molecule has 0 bridgehead atoms. The number of nitrogens with one attached hydrogen (secondary N) is 1. The van der Waals surface area contributed by atoms with Crippen LogP contribution in [0.15, 0.2) is 0 Å². The summed E-state index contributed by atoms with van der Waals surface area (Å²) in [5.74, 6) is 1.31. The van der Waals surface area contributed by atoms with E-state index in [1.54, 1.807) is 0 Å². The molecule has 4 atom stereocenters. The van der Waals surface area contributed by atoms with E-state index >= 15 is 0 Å². The summed E-state index contributed by atoms with van der Waals surface area (Å²) >= 11 is 0. The molecule has 62 valence electrons. The lowest BCUT2D eigenvalue weighted by molar-refractivity contribution is -0.143. The molecule has 1 saturated heterocycles. The van der Waals surface area contributed by atoms with Gasteiger partial charge >= 0.3 is 5.97 Å². The summed E-state index contributed by atoms with van der Waals surface area (Å²) in [4.78, 5) is 11.1. The molecule has 3 heteroatoms. The van der Waals surface area contributed by atoms with Crippen molar-refractivity contribution in [2.24, 2.45) is 17.8 Å². The van der Waals surface area contributed by atoms with Gasteiger partial charge in [-0.1, -0.05) is 0 Å². The van der Waals surface area contributed by atoms with Gasteiger partial charge in [-0.3, -0.25) is 4.79 Å². The van der Waals surface area contributed by atoms with Crippen LogP contribution in [0.25, 0.3) is 0 Å². The molecule has 11 heavy (non-hydrogen) atoms. The summed E-state index contributed by atoms with van der Waals surface area (Å²) in [7, 11) is 1.47. The van der Waals surface area contributed by atoms with Gasteiger partial charge in [-0.05, 0) is 25.3 Å². The zero-order valence-corrected chi connectivity index (χ0v) is 6.83. The minimum atomic E-state index is -0.0200. The molecule has 1 saturated carbocycles. The summed E-state index contributed by atoms with van der Waals surface area (Å²) in [5.41, 5.74) is 0. The number of carbonyl (C=O) groups is 1. The molecule has 1 aliphatic heterocycles. The quantitative estimate of drug-likeness (QED) is 0.542. The highest BCUT2D eigenvalue weighted by Gasteiger charge is 2.60. The summed E-state index contributed by atoms with van der Waals surface area (Å²) in [5, 5.41) is 3.32. The Bertz CT molecular complexity index is 193. The van der Waals surface area contributed by atoms with Gasteiger partial charge < -0.3 is 10.1 Å². The van der Waals surface area contributed by atoms with Crippen LogP contribution in [0.4, 0.5) is 0 Å². The van der Waals surface area contributed by atoms with Gasteiger partial charge in [-0.2, -0.15) is 0 Å². The molecule has 0 aromatic heterocycles. The highest BCUT2D eigenvalue weighted by Crippen LogP contribution is 2.52. The van der Waals surface area contributed by atoms with Crippen molar-refractivity contribution in [2.45, 2.75) is 13.0 Å². The number of rotatable bonds is 1. The van der Waals surface area contributed by atoms with Crippen LogP contribution in [0.2, 0.25) is 0 Å². The van der Waals surface area contributed by atoms with E-state index in [1.807, 2.05) is 0 Å². The molecule has 1 N–H and O–H groups in total. The highest BCUT2D eigenvalue weighted by molar-refractivity contribution is 5.77. The Labute approximate surface area is 66.1 Å². The van der Waals surface area contributed by atoms with Crippen molar-refractivity contribution in [3.8, 4) is 0 Å². The van der Waals surface area contributed by atoms with E-state index in [4.69, 9.17) is 4.74 Å². The van der Waals surface area contributed by atoms with Crippen LogP contribution in [0.1, 0.15) is 6.92 Å². The van der Waals surface area contributed by atoms with Crippen LogP contribution in [-0.4, -0.2) is 25.7 Å². The fraction of sp³-hybridized carbons (Fsp3) is 0.875. The van der Waals surface area contributed by atoms with Crippen molar-refractivity contribution in [2.75, 3.05) is 13.7 Å². The molecule has 2 rings (SSSR count). The Morgan fingerprint density at radius 2 is 2.36 bits per heavy atom. The lowest BCUT2D eigenvalue weighted by Gasteiger charge is -2.08. The molecule has 1 heterocycles. The van der Waals surface area contributed by atoms with Gasteiger partial charge in [0.25, 0.3) is 0 Å². The van der Waals surface area contributed by atoms with Crippen molar-refractivity contribution in [3.63, 3.8) is 0 Å². The van der Waals surface area contributed by atoms with E-state index in [-0.39, 0.29) is 11.9 Å². The number of ether oxygens (including phenoxy) is 1. The van der Waals surface area contributed by atoms with Gasteiger partial charge in [0.15, 0.2) is 0 Å². The number of hydrogen-bond acceptors (Lipinski definition) is 3. The average molecular weight is 155 g/mol. The largest absolute Gasteiger partial charge is 0.469 e. The minimum absolute atomic E-state index is 0.0200. The highest BCUT2D eigenvalue weighted by atomic mass is 16.5. The maximum Gasteiger partial charge on any atom is 0.309 e. The van der Waals surface area contributed by atoms with Gasteiger partial charge in [0.05, 0.1) is 13.0 Å². The van der Waals surface area contributed by atoms with Gasteiger partial charge in [-0.25, -0.2) is 0 Å². The minimum Gasteiger partial charge on any atom is -0.469 e. The number of esters is 1. The Hall–Kier alpha value is -0.570. The van der Waals surface area contributed by atoms with Crippen LogP contribution in [0, 0.1) is 17.8 Å². The van der Waals surface area contributed by atoms with E-state index < -0.39 is 0 Å². The molecular formula is C8H13NO2. The van der Waals surface area contributed by atoms with Gasteiger partial charge in [0.1, 0.15) is 0 Å². The van der Waals surface area contributed by atoms with Crippen molar-refractivity contribution in [3.05, 3.63) is 0 Å². The van der Waals surface area contributed by atoms with Gasteiger partial charge in [0.2, 0.25) is 0 Å². The topological polar surface area (TPSA) is 38.3 Å². The predicted octanol–water partition coefficient (Wildman–Crippen LogP) is 0.0133. The molecule has 2 fully saturated rings. The first-order valence-electron chi connectivity index (χ1n) is 4.07. The zero-order valence-electron chi connectivity index (χ0n) is 6.83. The third-order valence-electron chi connectivity index (χ3n) is 2.96. The van der Waals surface area contributed by atoms with E-state index in [0.29, 0.717) is 17.9 Å². The second kappa shape index (κ2) is 2.21. The molecule has 0 aromatic carbocycles. The predicted molar refractivity (Wildman–Crippen MR) is 40.0 cm³/mol. The summed E-state index contributed by atoms with van der Waals surface area (Å²) in [6.45, 7) is 3.12. The van der Waals surface area contributed by atoms with Gasteiger partial charge in [-0.15, -0.1) is 0 Å². The molecule has 0 aromatic rings. The maximum atomic E-state index is 11.1. The molecule has 0 radical (unpaired) electrons. The fourth-order valence-corrected chi connectivity index (χ4v) is 2.27. The molecule has 0 unspecified atom stereocenters. The lowest BCUT2D eigenvalue weighted by atomic mass is 10.2. The van der Waals surface area contributed by atoms with Crippen LogP contribution in [0.3, 0.4) is 0 Å². The van der Waals surface area contributed by atoms with Crippen molar-refractivity contribution in [1.29, 1.82) is 0 Å². The summed E-state index contributed by atoms with van der Waals surface area (Å²) < 4.78 is 4.69. The number of methoxy groups -OCH3 is 1. The molecule has 0 spiro atoms. The van der Waals surface area contributed by atoms with Crippen LogP contribution in [-0.2, 0) is 9.53 Å². The second-order valence-corrected chi connectivity index (χ2v) is 3.49. The first-order valence-corrected chi connectivity index (χ1v) is 4.07. The zero-order chi connectivity index (χ0) is 8.01. The normalized spacial score (nSPS) is 46.7. The first kappa shape index (κ1) is 7.10. The molecule has 0 amide bonds. The Morgan fingerprint density at radius 1 is 1.64 bits per heavy atom. The van der Waals surface area contributed by atoms with E-state index in [0.717, 1.165) is 6.54 Å². The smallest absolute Gasteiger partial charge is 0.309 e. The van der Waals surface area contributed by atoms with Crippen LogP contribution < -0.4 is 5.32 Å². The molecule has 3 nitrogen and oxygen atoms in total. The third kappa shape index (κ3) is 0.872.